The molecule has 0 radical (unpaired) electrons. The fraction of sp³-hybridized carbons (Fsp3) is 0.250. The summed E-state index contributed by atoms with van der Waals surface area (Å²) in [6.45, 7) is 6.15. The molecule has 2 aromatic heterocycles. The SMILES string of the molecule is CCN(CC)c1ncnc2scc(-c3ccc(Cl)cc3)c12. The summed E-state index contributed by atoms with van der Waals surface area (Å²) < 4.78 is 0. The molecule has 21 heavy (non-hydrogen) atoms. The number of anilines is 1. The lowest BCUT2D eigenvalue weighted by Crippen LogP contribution is -2.23. The molecule has 1 aromatic carbocycles. The van der Waals surface area contributed by atoms with Crippen molar-refractivity contribution in [3.63, 3.8) is 0 Å². The highest BCUT2D eigenvalue weighted by molar-refractivity contribution is 7.17. The van der Waals surface area contributed by atoms with Crippen molar-refractivity contribution in [3.8, 4) is 11.1 Å². The molecule has 5 heteroatoms. The van der Waals surface area contributed by atoms with Gasteiger partial charge in [-0.2, -0.15) is 0 Å². The number of thiophene rings is 1. The van der Waals surface area contributed by atoms with Crippen LogP contribution in [0.5, 0.6) is 0 Å². The molecular formula is C16H16ClN3S. The maximum atomic E-state index is 5.99. The Morgan fingerprint density at radius 1 is 1.10 bits per heavy atom. The minimum absolute atomic E-state index is 0.749. The summed E-state index contributed by atoms with van der Waals surface area (Å²) in [7, 11) is 0. The van der Waals surface area contributed by atoms with Gasteiger partial charge in [0.25, 0.3) is 0 Å². The molecule has 3 rings (SSSR count). The number of nitrogens with zero attached hydrogens (tertiary/aromatic N) is 3. The maximum Gasteiger partial charge on any atom is 0.141 e. The Kier molecular flexibility index (Phi) is 4.08. The zero-order chi connectivity index (χ0) is 14.8. The second-order valence-electron chi connectivity index (χ2n) is 4.71. The lowest BCUT2D eigenvalue weighted by atomic mass is 10.1. The summed E-state index contributed by atoms with van der Waals surface area (Å²) in [6, 6.07) is 7.92. The van der Waals surface area contributed by atoms with Crippen LogP contribution in [-0.4, -0.2) is 23.1 Å². The predicted molar refractivity (Wildman–Crippen MR) is 91.4 cm³/mol. The third kappa shape index (κ3) is 2.61. The van der Waals surface area contributed by atoms with E-state index in [2.05, 4.69) is 34.1 Å². The molecule has 0 bridgehead atoms. The zero-order valence-corrected chi connectivity index (χ0v) is 13.6. The summed E-state index contributed by atoms with van der Waals surface area (Å²) in [6.07, 6.45) is 1.65. The van der Waals surface area contributed by atoms with Crippen LogP contribution in [0.4, 0.5) is 5.82 Å². The highest BCUT2D eigenvalue weighted by Crippen LogP contribution is 2.37. The van der Waals surface area contributed by atoms with Crippen molar-refractivity contribution in [2.75, 3.05) is 18.0 Å². The van der Waals surface area contributed by atoms with E-state index in [1.54, 1.807) is 17.7 Å². The molecule has 0 aliphatic carbocycles. The zero-order valence-electron chi connectivity index (χ0n) is 12.0. The van der Waals surface area contributed by atoms with Gasteiger partial charge in [0.1, 0.15) is 17.0 Å². The maximum absolute atomic E-state index is 5.99. The monoisotopic (exact) mass is 317 g/mol. The summed E-state index contributed by atoms with van der Waals surface area (Å²) >= 11 is 7.64. The molecule has 0 atom stereocenters. The molecule has 0 N–H and O–H groups in total. The minimum atomic E-state index is 0.749. The molecule has 0 amide bonds. The van der Waals surface area contributed by atoms with Crippen molar-refractivity contribution in [1.29, 1.82) is 0 Å². The average Bonchev–Trinajstić information content (AvgIpc) is 2.94. The van der Waals surface area contributed by atoms with Gasteiger partial charge in [-0.05, 0) is 31.5 Å². The second kappa shape index (κ2) is 6.00. The number of fused-ring (bicyclic) bond motifs is 1. The Labute approximate surface area is 133 Å². The van der Waals surface area contributed by atoms with Crippen molar-refractivity contribution in [2.24, 2.45) is 0 Å². The van der Waals surface area contributed by atoms with Gasteiger partial charge in [0.15, 0.2) is 0 Å². The second-order valence-corrected chi connectivity index (χ2v) is 6.00. The Hall–Kier alpha value is -1.65. The lowest BCUT2D eigenvalue weighted by Gasteiger charge is -2.20. The summed E-state index contributed by atoms with van der Waals surface area (Å²) in [4.78, 5) is 12.2. The summed E-state index contributed by atoms with van der Waals surface area (Å²) in [5.41, 5.74) is 2.32. The van der Waals surface area contributed by atoms with Gasteiger partial charge < -0.3 is 4.90 Å². The highest BCUT2D eigenvalue weighted by atomic mass is 35.5. The quantitative estimate of drug-likeness (QED) is 0.688. The normalized spacial score (nSPS) is 11.0. The van der Waals surface area contributed by atoms with Crippen LogP contribution < -0.4 is 4.90 Å². The molecule has 0 unspecified atom stereocenters. The Morgan fingerprint density at radius 2 is 1.81 bits per heavy atom. The first kappa shape index (κ1) is 14.3. The van der Waals surface area contributed by atoms with Gasteiger partial charge >= 0.3 is 0 Å². The molecule has 108 valence electrons. The van der Waals surface area contributed by atoms with Crippen molar-refractivity contribution in [2.45, 2.75) is 13.8 Å². The fourth-order valence-electron chi connectivity index (χ4n) is 2.46. The Balaban J connectivity index is 2.22. The third-order valence-corrected chi connectivity index (χ3v) is 4.71. The van der Waals surface area contributed by atoms with E-state index >= 15 is 0 Å². The molecule has 0 saturated heterocycles. The summed E-state index contributed by atoms with van der Waals surface area (Å²) in [5.74, 6) is 1.01. The van der Waals surface area contributed by atoms with Gasteiger partial charge in [0.2, 0.25) is 0 Å². The van der Waals surface area contributed by atoms with Crippen LogP contribution in [0, 0.1) is 0 Å². The van der Waals surface area contributed by atoms with E-state index in [0.717, 1.165) is 39.7 Å². The Bertz CT molecular complexity index is 748. The fourth-order valence-corrected chi connectivity index (χ4v) is 3.50. The standard InChI is InChI=1S/C16H16ClN3S/c1-3-20(4-2)15-14-13(9-21-16(14)19-10-18-15)11-5-7-12(17)8-6-11/h5-10H,3-4H2,1-2H3. The number of hydrogen-bond acceptors (Lipinski definition) is 4. The van der Waals surface area contributed by atoms with Crippen LogP contribution in [0.3, 0.4) is 0 Å². The van der Waals surface area contributed by atoms with E-state index in [1.165, 1.54) is 5.56 Å². The first-order valence-electron chi connectivity index (χ1n) is 6.97. The molecule has 3 aromatic rings. The first-order chi connectivity index (χ1) is 10.2. The van der Waals surface area contributed by atoms with Crippen LogP contribution in [0.15, 0.2) is 36.0 Å². The van der Waals surface area contributed by atoms with E-state index in [-0.39, 0.29) is 0 Å². The number of rotatable bonds is 4. The van der Waals surface area contributed by atoms with Crippen molar-refractivity contribution in [1.82, 2.24) is 9.97 Å². The van der Waals surface area contributed by atoms with Crippen LogP contribution in [0.2, 0.25) is 5.02 Å². The topological polar surface area (TPSA) is 29.0 Å². The van der Waals surface area contributed by atoms with Gasteiger partial charge in [-0.25, -0.2) is 9.97 Å². The van der Waals surface area contributed by atoms with Crippen LogP contribution >= 0.6 is 22.9 Å². The van der Waals surface area contributed by atoms with Crippen molar-refractivity contribution < 1.29 is 0 Å². The van der Waals surface area contributed by atoms with Crippen molar-refractivity contribution >= 4 is 39.0 Å². The largest absolute Gasteiger partial charge is 0.357 e. The predicted octanol–water partition coefficient (Wildman–Crippen LogP) is 4.86. The lowest BCUT2D eigenvalue weighted by molar-refractivity contribution is 0.849. The van der Waals surface area contributed by atoms with Crippen LogP contribution in [0.25, 0.3) is 21.3 Å². The number of halogens is 1. The number of aromatic nitrogens is 2. The van der Waals surface area contributed by atoms with Gasteiger partial charge in [-0.1, -0.05) is 23.7 Å². The summed E-state index contributed by atoms with van der Waals surface area (Å²) in [5, 5.41) is 4.03. The molecular weight excluding hydrogens is 302 g/mol. The van der Waals surface area contributed by atoms with Crippen LogP contribution in [-0.2, 0) is 0 Å². The highest BCUT2D eigenvalue weighted by Gasteiger charge is 2.16. The molecule has 2 heterocycles. The molecule has 0 saturated carbocycles. The first-order valence-corrected chi connectivity index (χ1v) is 8.23. The molecule has 0 fully saturated rings. The Morgan fingerprint density at radius 3 is 2.48 bits per heavy atom. The smallest absolute Gasteiger partial charge is 0.141 e. The molecule has 0 aliphatic rings. The molecule has 3 nitrogen and oxygen atoms in total. The van der Waals surface area contributed by atoms with E-state index in [4.69, 9.17) is 11.6 Å². The third-order valence-electron chi connectivity index (χ3n) is 3.57. The minimum Gasteiger partial charge on any atom is -0.357 e. The van der Waals surface area contributed by atoms with E-state index in [9.17, 15) is 0 Å². The van der Waals surface area contributed by atoms with Gasteiger partial charge in [-0.15, -0.1) is 11.3 Å². The van der Waals surface area contributed by atoms with E-state index in [0.29, 0.717) is 0 Å². The van der Waals surface area contributed by atoms with Gasteiger partial charge in [-0.3, -0.25) is 0 Å². The van der Waals surface area contributed by atoms with Crippen molar-refractivity contribution in [3.05, 3.63) is 41.0 Å². The van der Waals surface area contributed by atoms with Crippen LogP contribution in [0.1, 0.15) is 13.8 Å². The van der Waals surface area contributed by atoms with E-state index < -0.39 is 0 Å². The van der Waals surface area contributed by atoms with E-state index in [1.807, 2.05) is 24.3 Å². The number of hydrogen-bond donors (Lipinski definition) is 0. The molecule has 0 spiro atoms. The van der Waals surface area contributed by atoms with Gasteiger partial charge in [0.05, 0.1) is 5.39 Å². The average molecular weight is 318 g/mol. The number of benzene rings is 1. The van der Waals surface area contributed by atoms with Gasteiger partial charge in [0, 0.05) is 29.1 Å². The molecule has 0 aliphatic heterocycles.